The van der Waals surface area contributed by atoms with Crippen molar-refractivity contribution < 1.29 is 23.9 Å². The van der Waals surface area contributed by atoms with E-state index in [9.17, 15) is 14.4 Å². The predicted octanol–water partition coefficient (Wildman–Crippen LogP) is 1.51. The van der Waals surface area contributed by atoms with Crippen LogP contribution in [0, 0.1) is 0 Å². The molecule has 31 heavy (non-hydrogen) atoms. The minimum atomic E-state index is -1.04. The molecule has 1 spiro atoms. The monoisotopic (exact) mass is 421 g/mol. The number of hydrogen-bond donors (Lipinski definition) is 2. The highest BCUT2D eigenvalue weighted by Crippen LogP contribution is 2.41. The van der Waals surface area contributed by atoms with Crippen molar-refractivity contribution in [1.82, 2.24) is 15.5 Å². The molecule has 2 N–H and O–H groups in total. The standard InChI is InChI=1S/C23H23N3O5/c27-20(24-10-8-15-5-6-18-19(13-15)31-12-11-30-18)14-26-21(28)23(25-22(26)29)9-7-16-3-1-2-4-17(16)23/h1-6,13H,7-12,14H2,(H,24,27)(H,25,29)/t23-/m0/s1. The van der Waals surface area contributed by atoms with E-state index >= 15 is 0 Å². The van der Waals surface area contributed by atoms with Gasteiger partial charge in [-0.3, -0.25) is 14.5 Å². The third kappa shape index (κ3) is 3.37. The number of nitrogens with zero attached hydrogens (tertiary/aromatic N) is 1. The summed E-state index contributed by atoms with van der Waals surface area (Å²) in [6.45, 7) is 1.15. The molecule has 0 radical (unpaired) electrons. The molecule has 1 fully saturated rings. The Labute approximate surface area is 179 Å². The fraction of sp³-hybridized carbons (Fsp3) is 0.348. The summed E-state index contributed by atoms with van der Waals surface area (Å²) >= 11 is 0. The number of benzene rings is 2. The lowest BCUT2D eigenvalue weighted by Gasteiger charge is -2.22. The van der Waals surface area contributed by atoms with Crippen molar-refractivity contribution in [2.24, 2.45) is 0 Å². The van der Waals surface area contributed by atoms with Crippen LogP contribution in [0.3, 0.4) is 0 Å². The van der Waals surface area contributed by atoms with E-state index in [0.717, 1.165) is 33.8 Å². The van der Waals surface area contributed by atoms with Crippen LogP contribution in [0.2, 0.25) is 0 Å². The number of nitrogens with one attached hydrogen (secondary N) is 2. The molecule has 5 rings (SSSR count). The molecule has 2 aromatic rings. The van der Waals surface area contributed by atoms with Crippen LogP contribution in [0.4, 0.5) is 4.79 Å². The van der Waals surface area contributed by atoms with Crippen LogP contribution in [0.25, 0.3) is 0 Å². The lowest BCUT2D eigenvalue weighted by Crippen LogP contribution is -2.44. The van der Waals surface area contributed by atoms with Gasteiger partial charge in [-0.05, 0) is 48.1 Å². The first-order chi connectivity index (χ1) is 15.1. The topological polar surface area (TPSA) is 97.0 Å². The van der Waals surface area contributed by atoms with Gasteiger partial charge in [0.15, 0.2) is 11.5 Å². The van der Waals surface area contributed by atoms with Crippen LogP contribution in [-0.4, -0.2) is 49.0 Å². The van der Waals surface area contributed by atoms with Crippen molar-refractivity contribution in [3.8, 4) is 11.5 Å². The van der Waals surface area contributed by atoms with Gasteiger partial charge >= 0.3 is 6.03 Å². The predicted molar refractivity (Wildman–Crippen MR) is 111 cm³/mol. The van der Waals surface area contributed by atoms with Crippen LogP contribution >= 0.6 is 0 Å². The minimum absolute atomic E-state index is 0.296. The quantitative estimate of drug-likeness (QED) is 0.714. The van der Waals surface area contributed by atoms with Crippen molar-refractivity contribution in [2.45, 2.75) is 24.8 Å². The normalized spacial score (nSPS) is 21.2. The van der Waals surface area contributed by atoms with Gasteiger partial charge in [0.2, 0.25) is 5.91 Å². The summed E-state index contributed by atoms with van der Waals surface area (Å²) in [5.41, 5.74) is 1.84. The Balaban J connectivity index is 1.18. The first kappa shape index (κ1) is 19.4. The highest BCUT2D eigenvalue weighted by Gasteiger charge is 2.55. The molecule has 0 aromatic heterocycles. The van der Waals surface area contributed by atoms with E-state index in [0.29, 0.717) is 38.3 Å². The molecule has 1 atom stereocenters. The van der Waals surface area contributed by atoms with Crippen molar-refractivity contribution in [1.29, 1.82) is 0 Å². The lowest BCUT2D eigenvalue weighted by atomic mass is 9.92. The number of rotatable bonds is 5. The highest BCUT2D eigenvalue weighted by atomic mass is 16.6. The van der Waals surface area contributed by atoms with E-state index in [1.165, 1.54) is 0 Å². The molecular weight excluding hydrogens is 398 g/mol. The molecular formula is C23H23N3O5. The molecule has 2 aromatic carbocycles. The summed E-state index contributed by atoms with van der Waals surface area (Å²) in [4.78, 5) is 39.1. The van der Waals surface area contributed by atoms with E-state index in [1.54, 1.807) is 0 Å². The molecule has 0 bridgehead atoms. The molecule has 1 saturated heterocycles. The Morgan fingerprint density at radius 2 is 1.90 bits per heavy atom. The molecule has 160 valence electrons. The number of carbonyl (C=O) groups is 3. The van der Waals surface area contributed by atoms with Crippen LogP contribution in [0.15, 0.2) is 42.5 Å². The van der Waals surface area contributed by atoms with Crippen molar-refractivity contribution >= 4 is 17.8 Å². The van der Waals surface area contributed by atoms with Crippen molar-refractivity contribution in [2.75, 3.05) is 26.3 Å². The second-order valence-corrected chi connectivity index (χ2v) is 7.96. The third-order valence-electron chi connectivity index (χ3n) is 6.07. The highest BCUT2D eigenvalue weighted by molar-refractivity contribution is 6.09. The summed E-state index contributed by atoms with van der Waals surface area (Å²) < 4.78 is 11.1. The first-order valence-electron chi connectivity index (χ1n) is 10.4. The Morgan fingerprint density at radius 1 is 1.10 bits per heavy atom. The van der Waals surface area contributed by atoms with Crippen molar-refractivity contribution in [3.05, 3.63) is 59.2 Å². The molecule has 0 unspecified atom stereocenters. The van der Waals surface area contributed by atoms with Crippen LogP contribution in [-0.2, 0) is 28.0 Å². The van der Waals surface area contributed by atoms with E-state index in [4.69, 9.17) is 9.47 Å². The zero-order valence-corrected chi connectivity index (χ0v) is 17.0. The van der Waals surface area contributed by atoms with Gasteiger partial charge in [0.1, 0.15) is 25.3 Å². The number of aryl methyl sites for hydroxylation is 1. The molecule has 3 aliphatic rings. The molecule has 2 heterocycles. The summed E-state index contributed by atoms with van der Waals surface area (Å²) in [6.07, 6.45) is 1.83. The summed E-state index contributed by atoms with van der Waals surface area (Å²) in [7, 11) is 0. The zero-order valence-electron chi connectivity index (χ0n) is 17.0. The number of fused-ring (bicyclic) bond motifs is 3. The number of hydrogen-bond acceptors (Lipinski definition) is 5. The smallest absolute Gasteiger partial charge is 0.325 e. The van der Waals surface area contributed by atoms with Gasteiger partial charge in [0.05, 0.1) is 0 Å². The summed E-state index contributed by atoms with van der Waals surface area (Å²) in [5.74, 6) is 0.699. The first-order valence-corrected chi connectivity index (χ1v) is 10.4. The van der Waals surface area contributed by atoms with Gasteiger partial charge in [-0.2, -0.15) is 0 Å². The maximum absolute atomic E-state index is 13.1. The molecule has 0 saturated carbocycles. The van der Waals surface area contributed by atoms with Gasteiger partial charge in [0.25, 0.3) is 5.91 Å². The van der Waals surface area contributed by atoms with Gasteiger partial charge in [0, 0.05) is 6.54 Å². The van der Waals surface area contributed by atoms with E-state index in [1.807, 2.05) is 42.5 Å². The lowest BCUT2D eigenvalue weighted by molar-refractivity contribution is -0.135. The fourth-order valence-corrected chi connectivity index (χ4v) is 4.52. The second kappa shape index (κ2) is 7.61. The molecule has 2 aliphatic heterocycles. The molecule has 1 aliphatic carbocycles. The van der Waals surface area contributed by atoms with Crippen LogP contribution < -0.4 is 20.1 Å². The van der Waals surface area contributed by atoms with Crippen LogP contribution in [0.1, 0.15) is 23.1 Å². The number of urea groups is 1. The Kier molecular flexibility index (Phi) is 4.77. The zero-order chi connectivity index (χ0) is 21.4. The molecule has 8 nitrogen and oxygen atoms in total. The number of carbonyl (C=O) groups excluding carboxylic acids is 3. The minimum Gasteiger partial charge on any atom is -0.486 e. The Morgan fingerprint density at radius 3 is 2.77 bits per heavy atom. The third-order valence-corrected chi connectivity index (χ3v) is 6.07. The SMILES string of the molecule is O=C(CN1C(=O)N[C@]2(CCc3ccccc32)C1=O)NCCc1ccc2c(c1)OCCO2. The number of ether oxygens (including phenoxy) is 2. The van der Waals surface area contributed by atoms with Crippen molar-refractivity contribution in [3.63, 3.8) is 0 Å². The summed E-state index contributed by atoms with van der Waals surface area (Å²) in [5, 5.41) is 5.63. The van der Waals surface area contributed by atoms with Gasteiger partial charge in [-0.1, -0.05) is 30.3 Å². The van der Waals surface area contributed by atoms with E-state index in [2.05, 4.69) is 10.6 Å². The van der Waals surface area contributed by atoms with E-state index < -0.39 is 11.6 Å². The Bertz CT molecular complexity index is 1070. The summed E-state index contributed by atoms with van der Waals surface area (Å²) in [6, 6.07) is 12.8. The largest absolute Gasteiger partial charge is 0.486 e. The van der Waals surface area contributed by atoms with Crippen LogP contribution in [0.5, 0.6) is 11.5 Å². The average molecular weight is 421 g/mol. The number of amides is 4. The van der Waals surface area contributed by atoms with E-state index in [-0.39, 0.29) is 18.4 Å². The fourth-order valence-electron chi connectivity index (χ4n) is 4.52. The van der Waals surface area contributed by atoms with Gasteiger partial charge < -0.3 is 20.1 Å². The maximum atomic E-state index is 13.1. The number of imide groups is 1. The maximum Gasteiger partial charge on any atom is 0.325 e. The Hall–Kier alpha value is -3.55. The molecule has 4 amide bonds. The van der Waals surface area contributed by atoms with Gasteiger partial charge in [-0.15, -0.1) is 0 Å². The second-order valence-electron chi connectivity index (χ2n) is 7.96. The molecule has 8 heteroatoms. The van der Waals surface area contributed by atoms with Gasteiger partial charge in [-0.25, -0.2) is 4.79 Å². The average Bonchev–Trinajstić information content (AvgIpc) is 3.27.